The van der Waals surface area contributed by atoms with Crippen molar-refractivity contribution in [2.75, 3.05) is 13.7 Å². The standard InChI is InChI=1S/C12H18N2O6/c1-6-4-14(12(18)13-10(6)17)7-3-8(16)9(5-15)20-11(7)19-2/h4,7-9,11,15-16H,3,5H2,1-2H3,(H,13,17,18)/t7-,8-,9+,11?/m0/s1. The van der Waals surface area contributed by atoms with E-state index in [4.69, 9.17) is 14.6 Å². The number of aryl methyl sites for hydroxylation is 1. The SMILES string of the molecule is COC1O[C@H](CO)[C@@H](O)C[C@@H]1n1cc(C)c(=O)[nH]c1=O. The minimum atomic E-state index is -0.921. The van der Waals surface area contributed by atoms with Crippen molar-refractivity contribution >= 4 is 0 Å². The number of aromatic nitrogens is 2. The second kappa shape index (κ2) is 5.88. The Hall–Kier alpha value is -1.48. The molecule has 8 nitrogen and oxygen atoms in total. The van der Waals surface area contributed by atoms with Gasteiger partial charge in [0.1, 0.15) is 6.10 Å². The quantitative estimate of drug-likeness (QED) is 0.623. The Kier molecular flexibility index (Phi) is 4.39. The van der Waals surface area contributed by atoms with Gasteiger partial charge in [-0.3, -0.25) is 14.3 Å². The maximum Gasteiger partial charge on any atom is 0.328 e. The highest BCUT2D eigenvalue weighted by atomic mass is 16.7. The molecule has 1 aromatic heterocycles. The van der Waals surface area contributed by atoms with E-state index in [1.54, 1.807) is 6.92 Å². The Morgan fingerprint density at radius 2 is 2.25 bits per heavy atom. The summed E-state index contributed by atoms with van der Waals surface area (Å²) in [6, 6.07) is -0.583. The lowest BCUT2D eigenvalue weighted by atomic mass is 10.0. The van der Waals surface area contributed by atoms with Crippen LogP contribution in [-0.2, 0) is 9.47 Å². The van der Waals surface area contributed by atoms with Crippen LogP contribution in [0, 0.1) is 6.92 Å². The molecule has 0 bridgehead atoms. The molecule has 2 heterocycles. The van der Waals surface area contributed by atoms with Crippen LogP contribution in [0.25, 0.3) is 0 Å². The Morgan fingerprint density at radius 3 is 2.85 bits per heavy atom. The van der Waals surface area contributed by atoms with E-state index < -0.39 is 35.8 Å². The van der Waals surface area contributed by atoms with Gasteiger partial charge in [-0.05, 0) is 6.92 Å². The number of methoxy groups -OCH3 is 1. The van der Waals surface area contributed by atoms with Gasteiger partial charge in [0.15, 0.2) is 6.29 Å². The molecule has 0 amide bonds. The third kappa shape index (κ3) is 2.68. The lowest BCUT2D eigenvalue weighted by Crippen LogP contribution is -2.50. The first-order chi connectivity index (χ1) is 9.47. The van der Waals surface area contributed by atoms with Crippen molar-refractivity contribution in [1.29, 1.82) is 0 Å². The van der Waals surface area contributed by atoms with Crippen molar-refractivity contribution in [3.63, 3.8) is 0 Å². The molecular formula is C12H18N2O6. The lowest BCUT2D eigenvalue weighted by Gasteiger charge is -2.38. The summed E-state index contributed by atoms with van der Waals surface area (Å²) >= 11 is 0. The zero-order valence-corrected chi connectivity index (χ0v) is 11.3. The van der Waals surface area contributed by atoms with Gasteiger partial charge in [-0.15, -0.1) is 0 Å². The third-order valence-corrected chi connectivity index (χ3v) is 3.45. The first-order valence-corrected chi connectivity index (χ1v) is 6.27. The molecule has 0 radical (unpaired) electrons. The summed E-state index contributed by atoms with van der Waals surface area (Å²) < 4.78 is 11.9. The number of hydrogen-bond acceptors (Lipinski definition) is 6. The fourth-order valence-corrected chi connectivity index (χ4v) is 2.32. The molecule has 3 N–H and O–H groups in total. The maximum absolute atomic E-state index is 11.9. The zero-order chi connectivity index (χ0) is 14.9. The topological polar surface area (TPSA) is 114 Å². The smallest absolute Gasteiger partial charge is 0.328 e. The fourth-order valence-electron chi connectivity index (χ4n) is 2.32. The van der Waals surface area contributed by atoms with Crippen LogP contribution < -0.4 is 11.2 Å². The largest absolute Gasteiger partial charge is 0.394 e. The average molecular weight is 286 g/mol. The van der Waals surface area contributed by atoms with E-state index in [0.29, 0.717) is 5.56 Å². The number of aliphatic hydroxyl groups excluding tert-OH is 2. The van der Waals surface area contributed by atoms with Gasteiger partial charge in [-0.2, -0.15) is 0 Å². The summed E-state index contributed by atoms with van der Waals surface area (Å²) in [5.41, 5.74) is -0.671. The molecular weight excluding hydrogens is 268 g/mol. The van der Waals surface area contributed by atoms with Crippen LogP contribution in [0.1, 0.15) is 18.0 Å². The number of ether oxygens (including phenoxy) is 2. The van der Waals surface area contributed by atoms with E-state index in [1.165, 1.54) is 17.9 Å². The van der Waals surface area contributed by atoms with Gasteiger partial charge < -0.3 is 19.7 Å². The molecule has 0 aliphatic carbocycles. The minimum absolute atomic E-state index is 0.176. The third-order valence-electron chi connectivity index (χ3n) is 3.45. The van der Waals surface area contributed by atoms with Crippen molar-refractivity contribution in [3.05, 3.63) is 32.6 Å². The molecule has 0 spiro atoms. The van der Waals surface area contributed by atoms with Crippen LogP contribution in [0.5, 0.6) is 0 Å². The molecule has 1 fully saturated rings. The predicted octanol–water partition coefficient (Wildman–Crippen LogP) is -1.50. The van der Waals surface area contributed by atoms with Gasteiger partial charge in [0.2, 0.25) is 0 Å². The second-order valence-electron chi connectivity index (χ2n) is 4.81. The van der Waals surface area contributed by atoms with Crippen molar-refractivity contribution in [2.24, 2.45) is 0 Å². The monoisotopic (exact) mass is 286 g/mol. The van der Waals surface area contributed by atoms with Gasteiger partial charge in [0, 0.05) is 25.3 Å². The van der Waals surface area contributed by atoms with Crippen LogP contribution in [0.15, 0.2) is 15.8 Å². The average Bonchev–Trinajstić information content (AvgIpc) is 2.42. The van der Waals surface area contributed by atoms with Gasteiger partial charge in [-0.25, -0.2) is 4.79 Å². The Labute approximate surface area is 114 Å². The molecule has 20 heavy (non-hydrogen) atoms. The molecule has 1 aromatic rings. The molecule has 8 heteroatoms. The number of aliphatic hydroxyl groups is 2. The molecule has 1 aliphatic rings. The van der Waals surface area contributed by atoms with Crippen molar-refractivity contribution < 1.29 is 19.7 Å². The van der Waals surface area contributed by atoms with Crippen molar-refractivity contribution in [2.45, 2.75) is 37.9 Å². The molecule has 0 saturated carbocycles. The van der Waals surface area contributed by atoms with E-state index >= 15 is 0 Å². The van der Waals surface area contributed by atoms with Gasteiger partial charge >= 0.3 is 5.69 Å². The zero-order valence-electron chi connectivity index (χ0n) is 11.3. The predicted molar refractivity (Wildman–Crippen MR) is 68.5 cm³/mol. The van der Waals surface area contributed by atoms with Crippen LogP contribution in [-0.4, -0.2) is 52.0 Å². The summed E-state index contributed by atoms with van der Waals surface area (Å²) in [6.45, 7) is 1.24. The number of hydrogen-bond donors (Lipinski definition) is 3. The first-order valence-electron chi connectivity index (χ1n) is 6.27. The Morgan fingerprint density at radius 1 is 1.55 bits per heavy atom. The molecule has 0 aromatic carbocycles. The number of nitrogens with zero attached hydrogens (tertiary/aromatic N) is 1. The highest BCUT2D eigenvalue weighted by molar-refractivity contribution is 5.03. The molecule has 2 rings (SSSR count). The summed E-state index contributed by atoms with van der Waals surface area (Å²) in [4.78, 5) is 25.4. The molecule has 1 unspecified atom stereocenters. The van der Waals surface area contributed by atoms with E-state index in [-0.39, 0.29) is 13.0 Å². The molecule has 1 saturated heterocycles. The summed E-state index contributed by atoms with van der Waals surface area (Å²) in [6.07, 6.45) is -0.882. The van der Waals surface area contributed by atoms with E-state index in [9.17, 15) is 14.7 Å². The minimum Gasteiger partial charge on any atom is -0.394 e. The highest BCUT2D eigenvalue weighted by Crippen LogP contribution is 2.28. The number of nitrogens with one attached hydrogen (secondary N) is 1. The van der Waals surface area contributed by atoms with E-state index in [2.05, 4.69) is 4.98 Å². The van der Waals surface area contributed by atoms with Gasteiger partial charge in [0.05, 0.1) is 18.8 Å². The van der Waals surface area contributed by atoms with Crippen LogP contribution in [0.4, 0.5) is 0 Å². The Balaban J connectivity index is 2.38. The molecule has 1 aliphatic heterocycles. The molecule has 112 valence electrons. The number of H-pyrrole nitrogens is 1. The van der Waals surface area contributed by atoms with Gasteiger partial charge in [0.25, 0.3) is 5.56 Å². The maximum atomic E-state index is 11.9. The first kappa shape index (κ1) is 14.9. The normalized spacial score (nSPS) is 30.4. The Bertz CT molecular complexity index is 580. The molecule has 4 atom stereocenters. The summed E-state index contributed by atoms with van der Waals surface area (Å²) in [5.74, 6) is 0. The van der Waals surface area contributed by atoms with Crippen molar-refractivity contribution in [1.82, 2.24) is 9.55 Å². The van der Waals surface area contributed by atoms with Gasteiger partial charge in [-0.1, -0.05) is 0 Å². The fraction of sp³-hybridized carbons (Fsp3) is 0.667. The highest BCUT2D eigenvalue weighted by Gasteiger charge is 2.38. The second-order valence-corrected chi connectivity index (χ2v) is 4.81. The van der Waals surface area contributed by atoms with Crippen LogP contribution in [0.2, 0.25) is 0 Å². The van der Waals surface area contributed by atoms with Crippen LogP contribution >= 0.6 is 0 Å². The lowest BCUT2D eigenvalue weighted by molar-refractivity contribution is -0.241. The summed E-state index contributed by atoms with van der Waals surface area (Å²) in [7, 11) is 1.41. The summed E-state index contributed by atoms with van der Waals surface area (Å²) in [5, 5.41) is 19.0. The van der Waals surface area contributed by atoms with E-state index in [0.717, 1.165) is 0 Å². The number of rotatable bonds is 3. The van der Waals surface area contributed by atoms with Crippen LogP contribution in [0.3, 0.4) is 0 Å². The number of aromatic amines is 1. The van der Waals surface area contributed by atoms with E-state index in [1.807, 2.05) is 0 Å². The van der Waals surface area contributed by atoms with Crippen molar-refractivity contribution in [3.8, 4) is 0 Å².